The number of rotatable bonds is 5. The van der Waals surface area contributed by atoms with Crippen molar-refractivity contribution in [2.45, 2.75) is 52.0 Å². The van der Waals surface area contributed by atoms with Crippen LogP contribution in [0.5, 0.6) is 0 Å². The zero-order valence-corrected chi connectivity index (χ0v) is 10.0. The molecule has 2 atom stereocenters. The quantitative estimate of drug-likeness (QED) is 0.681. The maximum atomic E-state index is 11.5. The third-order valence-corrected chi connectivity index (χ3v) is 3.05. The molecule has 0 aromatic heterocycles. The molecule has 3 heteroatoms. The normalized spacial score (nSPS) is 26.3. The third kappa shape index (κ3) is 5.17. The molecule has 0 aliphatic carbocycles. The second-order valence-corrected chi connectivity index (χ2v) is 4.70. The van der Waals surface area contributed by atoms with Crippen molar-refractivity contribution >= 4 is 5.91 Å². The molecule has 1 rings (SSSR count). The first kappa shape index (κ1) is 12.5. The van der Waals surface area contributed by atoms with Gasteiger partial charge >= 0.3 is 0 Å². The Morgan fingerprint density at radius 1 is 1.47 bits per heavy atom. The highest BCUT2D eigenvalue weighted by molar-refractivity contribution is 5.76. The van der Waals surface area contributed by atoms with Crippen molar-refractivity contribution in [3.63, 3.8) is 0 Å². The number of nitrogens with one attached hydrogen (secondary N) is 2. The maximum Gasteiger partial charge on any atom is 0.221 e. The molecule has 88 valence electrons. The highest BCUT2D eigenvalue weighted by Crippen LogP contribution is 2.15. The fourth-order valence-electron chi connectivity index (χ4n) is 1.93. The van der Waals surface area contributed by atoms with E-state index in [4.69, 9.17) is 0 Å². The molecular formula is C12H24N2O. The minimum Gasteiger partial charge on any atom is -0.356 e. The fraction of sp³-hybridized carbons (Fsp3) is 0.917. The van der Waals surface area contributed by atoms with Crippen molar-refractivity contribution in [3.05, 3.63) is 0 Å². The number of unbranched alkanes of at least 4 members (excludes halogenated alkanes) is 1. The SMILES string of the molecule is CCCCNC(=O)C[C@@H]1CCC(C)CN1. The third-order valence-electron chi connectivity index (χ3n) is 3.05. The molecule has 0 saturated carbocycles. The van der Waals surface area contributed by atoms with E-state index in [0.717, 1.165) is 38.3 Å². The van der Waals surface area contributed by atoms with Crippen molar-refractivity contribution in [1.82, 2.24) is 10.6 Å². The summed E-state index contributed by atoms with van der Waals surface area (Å²) in [6.45, 7) is 6.28. The number of hydrogen-bond donors (Lipinski definition) is 2. The molecular weight excluding hydrogens is 188 g/mol. The summed E-state index contributed by atoms with van der Waals surface area (Å²) in [5.74, 6) is 0.972. The van der Waals surface area contributed by atoms with E-state index in [1.807, 2.05) is 0 Å². The van der Waals surface area contributed by atoms with Gasteiger partial charge in [-0.3, -0.25) is 4.79 Å². The minimum absolute atomic E-state index is 0.204. The summed E-state index contributed by atoms with van der Waals surface area (Å²) < 4.78 is 0. The predicted octanol–water partition coefficient (Wildman–Crippen LogP) is 1.68. The molecule has 1 fully saturated rings. The van der Waals surface area contributed by atoms with Gasteiger partial charge in [0.2, 0.25) is 5.91 Å². The summed E-state index contributed by atoms with van der Waals surface area (Å²) in [7, 11) is 0. The van der Waals surface area contributed by atoms with Gasteiger partial charge in [0, 0.05) is 19.0 Å². The lowest BCUT2D eigenvalue weighted by Crippen LogP contribution is -2.41. The summed E-state index contributed by atoms with van der Waals surface area (Å²) in [5, 5.41) is 6.39. The molecule has 2 N–H and O–H groups in total. The van der Waals surface area contributed by atoms with Gasteiger partial charge in [-0.15, -0.1) is 0 Å². The van der Waals surface area contributed by atoms with Gasteiger partial charge in [0.05, 0.1) is 0 Å². The van der Waals surface area contributed by atoms with Crippen LogP contribution in [0.2, 0.25) is 0 Å². The molecule has 1 heterocycles. The fourth-order valence-corrected chi connectivity index (χ4v) is 1.93. The van der Waals surface area contributed by atoms with Gasteiger partial charge in [0.1, 0.15) is 0 Å². The topological polar surface area (TPSA) is 41.1 Å². The highest BCUT2D eigenvalue weighted by Gasteiger charge is 2.19. The number of hydrogen-bond acceptors (Lipinski definition) is 2. The molecule has 0 aromatic carbocycles. The average molecular weight is 212 g/mol. The summed E-state index contributed by atoms with van der Waals surface area (Å²) in [4.78, 5) is 11.5. The Morgan fingerprint density at radius 3 is 2.87 bits per heavy atom. The van der Waals surface area contributed by atoms with Crippen LogP contribution in [-0.4, -0.2) is 25.0 Å². The van der Waals surface area contributed by atoms with Crippen molar-refractivity contribution < 1.29 is 4.79 Å². The van der Waals surface area contributed by atoms with Crippen LogP contribution in [0.15, 0.2) is 0 Å². The van der Waals surface area contributed by atoms with Crippen LogP contribution in [0, 0.1) is 5.92 Å². The van der Waals surface area contributed by atoms with E-state index in [1.54, 1.807) is 0 Å². The lowest BCUT2D eigenvalue weighted by Gasteiger charge is -2.27. The first-order valence-corrected chi connectivity index (χ1v) is 6.22. The molecule has 0 radical (unpaired) electrons. The Labute approximate surface area is 93.0 Å². The average Bonchev–Trinajstić information content (AvgIpc) is 2.22. The number of amides is 1. The van der Waals surface area contributed by atoms with Crippen molar-refractivity contribution in [1.29, 1.82) is 0 Å². The van der Waals surface area contributed by atoms with Crippen LogP contribution < -0.4 is 10.6 Å². The predicted molar refractivity (Wildman–Crippen MR) is 62.7 cm³/mol. The monoisotopic (exact) mass is 212 g/mol. The highest BCUT2D eigenvalue weighted by atomic mass is 16.1. The van der Waals surface area contributed by atoms with E-state index >= 15 is 0 Å². The van der Waals surface area contributed by atoms with E-state index in [-0.39, 0.29) is 5.91 Å². The van der Waals surface area contributed by atoms with Gasteiger partial charge in [-0.05, 0) is 31.7 Å². The van der Waals surface area contributed by atoms with E-state index in [1.165, 1.54) is 6.42 Å². The summed E-state index contributed by atoms with van der Waals surface area (Å²) in [5.41, 5.74) is 0. The number of carbonyl (C=O) groups is 1. The van der Waals surface area contributed by atoms with Crippen LogP contribution in [0.25, 0.3) is 0 Å². The smallest absolute Gasteiger partial charge is 0.221 e. The first-order valence-electron chi connectivity index (χ1n) is 6.22. The Hall–Kier alpha value is -0.570. The lowest BCUT2D eigenvalue weighted by atomic mass is 9.94. The van der Waals surface area contributed by atoms with Gasteiger partial charge in [0.25, 0.3) is 0 Å². The standard InChI is InChI=1S/C12H24N2O/c1-3-4-7-13-12(15)8-11-6-5-10(2)9-14-11/h10-11,14H,3-9H2,1-2H3,(H,13,15)/t10?,11-/m0/s1. The molecule has 1 unspecified atom stereocenters. The van der Waals surface area contributed by atoms with Crippen LogP contribution in [-0.2, 0) is 4.79 Å². The lowest BCUT2D eigenvalue weighted by molar-refractivity contribution is -0.121. The van der Waals surface area contributed by atoms with Crippen molar-refractivity contribution in [2.24, 2.45) is 5.92 Å². The molecule has 1 aliphatic rings. The van der Waals surface area contributed by atoms with Crippen molar-refractivity contribution in [3.8, 4) is 0 Å². The van der Waals surface area contributed by atoms with Crippen LogP contribution in [0.3, 0.4) is 0 Å². The van der Waals surface area contributed by atoms with E-state index in [9.17, 15) is 4.79 Å². The number of carbonyl (C=O) groups excluding carboxylic acids is 1. The Balaban J connectivity index is 2.09. The van der Waals surface area contributed by atoms with Gasteiger partial charge in [-0.25, -0.2) is 0 Å². The van der Waals surface area contributed by atoms with Gasteiger partial charge in [0.15, 0.2) is 0 Å². The molecule has 1 amide bonds. The zero-order valence-electron chi connectivity index (χ0n) is 10.0. The van der Waals surface area contributed by atoms with Crippen molar-refractivity contribution in [2.75, 3.05) is 13.1 Å². The summed E-state index contributed by atoms with van der Waals surface area (Å²) in [6.07, 6.45) is 5.26. The largest absolute Gasteiger partial charge is 0.356 e. The van der Waals surface area contributed by atoms with Crippen LogP contribution >= 0.6 is 0 Å². The van der Waals surface area contributed by atoms with E-state index in [2.05, 4.69) is 24.5 Å². The molecule has 0 aromatic rings. The molecule has 3 nitrogen and oxygen atoms in total. The zero-order chi connectivity index (χ0) is 11.1. The molecule has 15 heavy (non-hydrogen) atoms. The molecule has 1 aliphatic heterocycles. The van der Waals surface area contributed by atoms with Gasteiger partial charge in [-0.2, -0.15) is 0 Å². The van der Waals surface area contributed by atoms with Gasteiger partial charge < -0.3 is 10.6 Å². The summed E-state index contributed by atoms with van der Waals surface area (Å²) >= 11 is 0. The molecule has 1 saturated heterocycles. The maximum absolute atomic E-state index is 11.5. The summed E-state index contributed by atoms with van der Waals surface area (Å²) in [6, 6.07) is 0.405. The molecule has 0 spiro atoms. The number of piperidine rings is 1. The minimum atomic E-state index is 0.204. The first-order chi connectivity index (χ1) is 7.22. The Bertz CT molecular complexity index is 186. The van der Waals surface area contributed by atoms with E-state index in [0.29, 0.717) is 12.5 Å². The second kappa shape index (κ2) is 6.83. The second-order valence-electron chi connectivity index (χ2n) is 4.70. The Morgan fingerprint density at radius 2 is 2.27 bits per heavy atom. The Kier molecular flexibility index (Phi) is 5.69. The van der Waals surface area contributed by atoms with Crippen LogP contribution in [0.1, 0.15) is 46.0 Å². The van der Waals surface area contributed by atoms with Crippen LogP contribution in [0.4, 0.5) is 0 Å². The van der Waals surface area contributed by atoms with Gasteiger partial charge in [-0.1, -0.05) is 20.3 Å². The molecule has 0 bridgehead atoms. The van der Waals surface area contributed by atoms with E-state index < -0.39 is 0 Å².